The Kier molecular flexibility index (Phi) is 10.6. The summed E-state index contributed by atoms with van der Waals surface area (Å²) in [6, 6.07) is 6.66. The summed E-state index contributed by atoms with van der Waals surface area (Å²) in [7, 11) is -4.35. The fourth-order valence-corrected chi connectivity index (χ4v) is 3.89. The van der Waals surface area contributed by atoms with Gasteiger partial charge in [-0.15, -0.1) is 0 Å². The van der Waals surface area contributed by atoms with Gasteiger partial charge in [0, 0.05) is 10.0 Å². The Morgan fingerprint density at radius 2 is 1.57 bits per heavy atom. The SMILES string of the molecule is CCC(CC)(C(=O)O)C(C)P(=O)(O)O.O=C(O)CNC(=O)c1ccc(Br)cc1. The maximum atomic E-state index is 11.3. The van der Waals surface area contributed by atoms with E-state index in [1.54, 1.807) is 38.1 Å². The number of carbonyl (C=O) groups excluding carboxylic acids is 1. The first kappa shape index (κ1) is 26.3. The van der Waals surface area contributed by atoms with Crippen LogP contribution < -0.4 is 5.32 Å². The van der Waals surface area contributed by atoms with Crippen molar-refractivity contribution in [2.75, 3.05) is 6.54 Å². The number of rotatable bonds is 8. The van der Waals surface area contributed by atoms with Gasteiger partial charge in [0.25, 0.3) is 5.91 Å². The molecule has 0 spiro atoms. The lowest BCUT2D eigenvalue weighted by molar-refractivity contribution is -0.149. The molecule has 1 unspecified atom stereocenters. The molecule has 1 atom stereocenters. The van der Waals surface area contributed by atoms with E-state index in [2.05, 4.69) is 21.2 Å². The van der Waals surface area contributed by atoms with E-state index < -0.39 is 30.6 Å². The third-order valence-electron chi connectivity index (χ3n) is 4.50. The van der Waals surface area contributed by atoms with E-state index in [1.807, 2.05) is 0 Å². The van der Waals surface area contributed by atoms with E-state index >= 15 is 0 Å². The van der Waals surface area contributed by atoms with Gasteiger partial charge in [0.15, 0.2) is 0 Å². The first-order chi connectivity index (χ1) is 12.8. The lowest BCUT2D eigenvalue weighted by Crippen LogP contribution is -2.39. The summed E-state index contributed by atoms with van der Waals surface area (Å²) in [5.41, 5.74) is -2.03. The number of carboxylic acid groups (broad SMARTS) is 2. The number of carboxylic acids is 2. The largest absolute Gasteiger partial charge is 0.481 e. The lowest BCUT2D eigenvalue weighted by Gasteiger charge is -2.33. The Morgan fingerprint density at radius 3 is 1.86 bits per heavy atom. The third kappa shape index (κ3) is 7.71. The van der Waals surface area contributed by atoms with Crippen LogP contribution in [0.1, 0.15) is 44.0 Å². The molecule has 0 aliphatic heterocycles. The van der Waals surface area contributed by atoms with Gasteiger partial charge in [0.2, 0.25) is 0 Å². The maximum Gasteiger partial charge on any atom is 0.329 e. The third-order valence-corrected chi connectivity index (χ3v) is 6.53. The van der Waals surface area contributed by atoms with Gasteiger partial charge >= 0.3 is 19.5 Å². The van der Waals surface area contributed by atoms with Crippen molar-refractivity contribution in [3.63, 3.8) is 0 Å². The number of aliphatic carboxylic acids is 2. The van der Waals surface area contributed by atoms with Crippen molar-refractivity contribution in [1.29, 1.82) is 0 Å². The van der Waals surface area contributed by atoms with Crippen LogP contribution in [0.15, 0.2) is 28.7 Å². The van der Waals surface area contributed by atoms with E-state index in [1.165, 1.54) is 6.92 Å². The van der Waals surface area contributed by atoms with E-state index in [-0.39, 0.29) is 25.3 Å². The van der Waals surface area contributed by atoms with Gasteiger partial charge in [-0.3, -0.25) is 18.9 Å². The fraction of sp³-hybridized carbons (Fsp3) is 0.471. The van der Waals surface area contributed by atoms with Crippen molar-refractivity contribution in [2.45, 2.75) is 39.3 Å². The van der Waals surface area contributed by atoms with Gasteiger partial charge < -0.3 is 25.3 Å². The summed E-state index contributed by atoms with van der Waals surface area (Å²) in [5, 5.41) is 19.6. The van der Waals surface area contributed by atoms with Crippen LogP contribution >= 0.6 is 23.5 Å². The van der Waals surface area contributed by atoms with Crippen molar-refractivity contribution in [3.8, 4) is 0 Å². The molecule has 28 heavy (non-hydrogen) atoms. The van der Waals surface area contributed by atoms with Gasteiger partial charge in [0.1, 0.15) is 6.54 Å². The van der Waals surface area contributed by atoms with Gasteiger partial charge in [-0.05, 0) is 44.0 Å². The van der Waals surface area contributed by atoms with E-state index in [4.69, 9.17) is 20.0 Å². The standard InChI is InChI=1S/C9H8BrNO3.C8H17O5P/c10-7-3-1-6(2-4-7)9(14)11-5-8(12)13;1-4-8(5-2,7(9)10)6(3)14(11,12)13/h1-4H,5H2,(H,11,14)(H,12,13);6H,4-5H2,1-3H3,(H,9,10)(H2,11,12,13). The predicted molar refractivity (Wildman–Crippen MR) is 106 cm³/mol. The van der Waals surface area contributed by atoms with Gasteiger partial charge in [-0.2, -0.15) is 0 Å². The molecule has 1 amide bonds. The molecule has 9 nitrogen and oxygen atoms in total. The van der Waals surface area contributed by atoms with Crippen molar-refractivity contribution < 1.29 is 38.9 Å². The second-order valence-corrected chi connectivity index (χ2v) is 8.89. The first-order valence-corrected chi connectivity index (χ1v) is 10.8. The number of benzene rings is 1. The van der Waals surface area contributed by atoms with E-state index in [0.717, 1.165) is 4.47 Å². The highest BCUT2D eigenvalue weighted by Crippen LogP contribution is 2.52. The highest BCUT2D eigenvalue weighted by Gasteiger charge is 2.48. The average Bonchev–Trinajstić information content (AvgIpc) is 2.61. The molecule has 0 bridgehead atoms. The molecular formula is C17H25BrNO8P. The van der Waals surface area contributed by atoms with Crippen LogP contribution in [0.25, 0.3) is 0 Å². The predicted octanol–water partition coefficient (Wildman–Crippen LogP) is 2.71. The summed E-state index contributed by atoms with van der Waals surface area (Å²) in [4.78, 5) is 50.4. The molecule has 158 valence electrons. The molecule has 0 aliphatic carbocycles. The summed E-state index contributed by atoms with van der Waals surface area (Å²) in [5.74, 6) is -2.59. The number of hydrogen-bond acceptors (Lipinski definition) is 4. The number of halogens is 1. The van der Waals surface area contributed by atoms with Crippen LogP contribution in [0.3, 0.4) is 0 Å². The fourth-order valence-electron chi connectivity index (χ4n) is 2.50. The normalized spacial score (nSPS) is 12.4. The van der Waals surface area contributed by atoms with Gasteiger partial charge in [-0.1, -0.05) is 29.8 Å². The van der Waals surface area contributed by atoms with Crippen molar-refractivity contribution in [2.24, 2.45) is 5.41 Å². The smallest absolute Gasteiger partial charge is 0.329 e. The molecule has 5 N–H and O–H groups in total. The average molecular weight is 482 g/mol. The van der Waals surface area contributed by atoms with Crippen LogP contribution in [0.5, 0.6) is 0 Å². The molecule has 0 saturated heterocycles. The monoisotopic (exact) mass is 481 g/mol. The summed E-state index contributed by atoms with van der Waals surface area (Å²) >= 11 is 3.23. The van der Waals surface area contributed by atoms with Crippen molar-refractivity contribution in [1.82, 2.24) is 5.32 Å². The number of carbonyl (C=O) groups is 3. The Hall–Kier alpha value is -1.74. The number of nitrogens with one attached hydrogen (secondary N) is 1. The summed E-state index contributed by atoms with van der Waals surface area (Å²) in [6.45, 7) is 4.18. The molecule has 0 aromatic heterocycles. The molecule has 0 radical (unpaired) electrons. The molecule has 1 rings (SSSR count). The van der Waals surface area contributed by atoms with Crippen LogP contribution in [-0.4, -0.2) is 50.0 Å². The van der Waals surface area contributed by atoms with Crippen LogP contribution in [0.2, 0.25) is 0 Å². The van der Waals surface area contributed by atoms with Crippen molar-refractivity contribution in [3.05, 3.63) is 34.3 Å². The Balaban J connectivity index is 0.000000521. The van der Waals surface area contributed by atoms with Gasteiger partial charge in [-0.25, -0.2) is 0 Å². The minimum Gasteiger partial charge on any atom is -0.481 e. The van der Waals surface area contributed by atoms with Crippen LogP contribution in [0, 0.1) is 5.41 Å². The molecule has 1 aromatic rings. The zero-order valence-electron chi connectivity index (χ0n) is 15.8. The van der Waals surface area contributed by atoms with Crippen LogP contribution in [-0.2, 0) is 14.2 Å². The van der Waals surface area contributed by atoms with Gasteiger partial charge in [0.05, 0.1) is 11.1 Å². The minimum absolute atomic E-state index is 0.213. The zero-order valence-corrected chi connectivity index (χ0v) is 18.2. The van der Waals surface area contributed by atoms with Crippen molar-refractivity contribution >= 4 is 41.4 Å². The number of amides is 1. The Labute approximate surface area is 171 Å². The molecule has 0 saturated carbocycles. The van der Waals surface area contributed by atoms with E-state index in [9.17, 15) is 18.9 Å². The summed E-state index contributed by atoms with van der Waals surface area (Å²) < 4.78 is 11.9. The quantitative estimate of drug-likeness (QED) is 0.354. The molecule has 1 aromatic carbocycles. The Bertz CT molecular complexity index is 727. The second kappa shape index (κ2) is 11.3. The topological polar surface area (TPSA) is 161 Å². The number of hydrogen-bond donors (Lipinski definition) is 5. The first-order valence-electron chi connectivity index (χ1n) is 8.36. The highest BCUT2D eigenvalue weighted by molar-refractivity contribution is 9.10. The summed E-state index contributed by atoms with van der Waals surface area (Å²) in [6.07, 6.45) is 0.427. The molecule has 0 heterocycles. The molecule has 0 fully saturated rings. The zero-order chi connectivity index (χ0) is 22.1. The lowest BCUT2D eigenvalue weighted by atomic mass is 9.79. The molecular weight excluding hydrogens is 457 g/mol. The van der Waals surface area contributed by atoms with E-state index in [0.29, 0.717) is 5.56 Å². The van der Waals surface area contributed by atoms with Crippen LogP contribution in [0.4, 0.5) is 0 Å². The molecule has 11 heteroatoms. The molecule has 0 aliphatic rings. The minimum atomic E-state index is -4.35. The Morgan fingerprint density at radius 1 is 1.11 bits per heavy atom. The maximum absolute atomic E-state index is 11.3. The highest BCUT2D eigenvalue weighted by atomic mass is 79.9. The second-order valence-electron chi connectivity index (χ2n) is 6.02.